The maximum absolute atomic E-state index is 13.6. The van der Waals surface area contributed by atoms with E-state index in [2.05, 4.69) is 17.1 Å². The van der Waals surface area contributed by atoms with E-state index in [4.69, 9.17) is 4.98 Å². The Labute approximate surface area is 200 Å². The van der Waals surface area contributed by atoms with Crippen LogP contribution in [0.25, 0.3) is 11.0 Å². The number of anilines is 1. The minimum Gasteiger partial charge on any atom is -0.342 e. The molecular formula is C28H32N4O2. The monoisotopic (exact) mass is 456 g/mol. The van der Waals surface area contributed by atoms with Gasteiger partial charge in [0.2, 0.25) is 11.8 Å². The second-order valence-electron chi connectivity index (χ2n) is 10.1. The van der Waals surface area contributed by atoms with Crippen LogP contribution in [0.3, 0.4) is 0 Å². The number of nitrogens with one attached hydrogen (secondary N) is 1. The van der Waals surface area contributed by atoms with E-state index >= 15 is 0 Å². The number of amides is 2. The molecule has 0 radical (unpaired) electrons. The zero-order valence-corrected chi connectivity index (χ0v) is 19.6. The molecule has 0 bridgehead atoms. The highest BCUT2D eigenvalue weighted by Crippen LogP contribution is 2.37. The quantitative estimate of drug-likeness (QED) is 0.623. The first-order valence-electron chi connectivity index (χ1n) is 12.8. The van der Waals surface area contributed by atoms with Crippen molar-refractivity contribution in [2.75, 3.05) is 24.5 Å². The van der Waals surface area contributed by atoms with Crippen LogP contribution in [0.15, 0.2) is 48.5 Å². The molecule has 1 saturated carbocycles. The van der Waals surface area contributed by atoms with Crippen molar-refractivity contribution in [3.8, 4) is 0 Å². The number of nitrogens with zero attached hydrogens (tertiary/aromatic N) is 3. The molecule has 2 aliphatic heterocycles. The minimum atomic E-state index is -0.194. The van der Waals surface area contributed by atoms with Gasteiger partial charge >= 0.3 is 0 Å². The number of hydrogen-bond donors (Lipinski definition) is 1. The van der Waals surface area contributed by atoms with Gasteiger partial charge in [0.1, 0.15) is 5.82 Å². The number of likely N-dealkylation sites (tertiary alicyclic amines) is 1. The Bertz CT molecular complexity index is 1180. The third-order valence-electron chi connectivity index (χ3n) is 8.15. The highest BCUT2D eigenvalue weighted by molar-refractivity contribution is 5.99. The van der Waals surface area contributed by atoms with Crippen molar-refractivity contribution in [1.29, 1.82) is 0 Å². The Hall–Kier alpha value is -3.15. The van der Waals surface area contributed by atoms with E-state index in [0.29, 0.717) is 5.92 Å². The lowest BCUT2D eigenvalue weighted by molar-refractivity contribution is -0.143. The van der Waals surface area contributed by atoms with Gasteiger partial charge < -0.3 is 14.8 Å². The molecule has 176 valence electrons. The fourth-order valence-electron chi connectivity index (χ4n) is 6.26. The molecule has 6 rings (SSSR count). The van der Waals surface area contributed by atoms with Gasteiger partial charge in [-0.15, -0.1) is 0 Å². The summed E-state index contributed by atoms with van der Waals surface area (Å²) >= 11 is 0. The van der Waals surface area contributed by atoms with Crippen LogP contribution in [0, 0.1) is 11.8 Å². The van der Waals surface area contributed by atoms with Crippen molar-refractivity contribution in [2.24, 2.45) is 11.8 Å². The van der Waals surface area contributed by atoms with Crippen LogP contribution >= 0.6 is 0 Å². The number of imidazole rings is 1. The van der Waals surface area contributed by atoms with Gasteiger partial charge in [-0.2, -0.15) is 0 Å². The summed E-state index contributed by atoms with van der Waals surface area (Å²) in [6.07, 6.45) is 6.45. The van der Waals surface area contributed by atoms with Crippen molar-refractivity contribution in [2.45, 2.75) is 50.9 Å². The molecule has 1 aromatic heterocycles. The molecule has 6 heteroatoms. The zero-order valence-electron chi connectivity index (χ0n) is 19.6. The molecule has 1 saturated heterocycles. The van der Waals surface area contributed by atoms with Gasteiger partial charge in [-0.1, -0.05) is 43.2 Å². The largest absolute Gasteiger partial charge is 0.342 e. The molecule has 6 nitrogen and oxygen atoms in total. The van der Waals surface area contributed by atoms with Crippen LogP contribution in [-0.4, -0.2) is 46.3 Å². The molecule has 34 heavy (non-hydrogen) atoms. The zero-order chi connectivity index (χ0) is 23.1. The summed E-state index contributed by atoms with van der Waals surface area (Å²) < 4.78 is 0. The Balaban J connectivity index is 1.13. The number of aromatic amines is 1. The number of hydrogen-bond acceptors (Lipinski definition) is 3. The normalized spacial score (nSPS) is 23.3. The fourth-order valence-corrected chi connectivity index (χ4v) is 6.26. The maximum atomic E-state index is 13.6. The lowest BCUT2D eigenvalue weighted by atomic mass is 9.77. The number of piperidine rings is 1. The smallest absolute Gasteiger partial charge is 0.230 e. The summed E-state index contributed by atoms with van der Waals surface area (Å²) in [7, 11) is 0. The third-order valence-corrected chi connectivity index (χ3v) is 8.15. The number of fused-ring (bicyclic) bond motifs is 2. The molecule has 2 aromatic carbocycles. The molecule has 2 amide bonds. The first-order chi connectivity index (χ1) is 16.7. The predicted molar refractivity (Wildman–Crippen MR) is 133 cm³/mol. The van der Waals surface area contributed by atoms with E-state index in [9.17, 15) is 9.59 Å². The predicted octanol–water partition coefficient (Wildman–Crippen LogP) is 4.66. The topological polar surface area (TPSA) is 69.3 Å². The lowest BCUT2D eigenvalue weighted by Gasteiger charge is -2.38. The van der Waals surface area contributed by atoms with E-state index in [0.717, 1.165) is 87.1 Å². The van der Waals surface area contributed by atoms with E-state index in [-0.39, 0.29) is 23.7 Å². The molecule has 3 heterocycles. The summed E-state index contributed by atoms with van der Waals surface area (Å²) in [5.41, 5.74) is 4.35. The number of benzene rings is 2. The van der Waals surface area contributed by atoms with E-state index in [1.165, 1.54) is 5.56 Å². The molecule has 0 spiro atoms. The number of para-hydroxylation sites is 3. The standard InChI is InChI=1S/C28H32N4O2/c33-27(31-16-13-20(14-17-31)26-29-23-10-4-5-11-24(23)30-26)21-8-2-3-9-22(21)28(34)32-18-15-19-7-1-6-12-25(19)32/h1,4-7,10-12,20-22H,2-3,8-9,13-18H2,(H,29,30). The third kappa shape index (κ3) is 3.79. The Morgan fingerprint density at radius 3 is 2.32 bits per heavy atom. The summed E-state index contributed by atoms with van der Waals surface area (Å²) in [5, 5.41) is 0. The highest BCUT2D eigenvalue weighted by atomic mass is 16.2. The van der Waals surface area contributed by atoms with Gasteiger partial charge in [-0.25, -0.2) is 4.98 Å². The van der Waals surface area contributed by atoms with Crippen LogP contribution in [0.5, 0.6) is 0 Å². The lowest BCUT2D eigenvalue weighted by Crippen LogP contribution is -2.48. The summed E-state index contributed by atoms with van der Waals surface area (Å²) in [4.78, 5) is 39.5. The summed E-state index contributed by atoms with van der Waals surface area (Å²) in [5.74, 6) is 1.35. The fraction of sp³-hybridized carbons (Fsp3) is 0.464. The van der Waals surface area contributed by atoms with Crippen molar-refractivity contribution >= 4 is 28.5 Å². The molecule has 3 aromatic rings. The minimum absolute atomic E-state index is 0.153. The van der Waals surface area contributed by atoms with Gasteiger partial charge in [0.15, 0.2) is 0 Å². The van der Waals surface area contributed by atoms with Crippen LogP contribution < -0.4 is 4.90 Å². The van der Waals surface area contributed by atoms with Crippen molar-refractivity contribution in [3.63, 3.8) is 0 Å². The van der Waals surface area contributed by atoms with Crippen LogP contribution in [0.2, 0.25) is 0 Å². The van der Waals surface area contributed by atoms with Gasteiger partial charge in [-0.3, -0.25) is 9.59 Å². The number of H-pyrrole nitrogens is 1. The number of rotatable bonds is 3. The number of aromatic nitrogens is 2. The summed E-state index contributed by atoms with van der Waals surface area (Å²) in [6.45, 7) is 2.22. The van der Waals surface area contributed by atoms with Gasteiger partial charge in [0, 0.05) is 37.2 Å². The molecule has 1 N–H and O–H groups in total. The van der Waals surface area contributed by atoms with Crippen LogP contribution in [0.4, 0.5) is 5.69 Å². The maximum Gasteiger partial charge on any atom is 0.230 e. The van der Waals surface area contributed by atoms with Crippen molar-refractivity contribution in [1.82, 2.24) is 14.9 Å². The van der Waals surface area contributed by atoms with Crippen LogP contribution in [0.1, 0.15) is 55.8 Å². The number of carbonyl (C=O) groups is 2. The Morgan fingerprint density at radius 1 is 0.824 bits per heavy atom. The Kier molecular flexibility index (Phi) is 5.60. The van der Waals surface area contributed by atoms with E-state index in [1.807, 2.05) is 46.2 Å². The van der Waals surface area contributed by atoms with E-state index < -0.39 is 0 Å². The second-order valence-corrected chi connectivity index (χ2v) is 10.1. The molecular weight excluding hydrogens is 424 g/mol. The van der Waals surface area contributed by atoms with Crippen molar-refractivity contribution in [3.05, 3.63) is 59.9 Å². The molecule has 3 aliphatic rings. The molecule has 1 aliphatic carbocycles. The molecule has 2 unspecified atom stereocenters. The first kappa shape index (κ1) is 21.4. The number of carbonyl (C=O) groups excluding carboxylic acids is 2. The summed E-state index contributed by atoms with van der Waals surface area (Å²) in [6, 6.07) is 16.3. The highest BCUT2D eigenvalue weighted by Gasteiger charge is 2.41. The van der Waals surface area contributed by atoms with Gasteiger partial charge in [0.25, 0.3) is 0 Å². The average molecular weight is 457 g/mol. The Morgan fingerprint density at radius 2 is 1.53 bits per heavy atom. The average Bonchev–Trinajstić information content (AvgIpc) is 3.52. The van der Waals surface area contributed by atoms with Gasteiger partial charge in [0.05, 0.1) is 17.0 Å². The molecule has 2 fully saturated rings. The van der Waals surface area contributed by atoms with Crippen molar-refractivity contribution < 1.29 is 9.59 Å². The van der Waals surface area contributed by atoms with Gasteiger partial charge in [-0.05, 0) is 55.9 Å². The first-order valence-corrected chi connectivity index (χ1v) is 12.8. The SMILES string of the molecule is O=C(C1CCCCC1C(=O)N1CCc2ccccc21)N1CCC(c2nc3ccccc3[nH]2)CC1. The van der Waals surface area contributed by atoms with Crippen LogP contribution in [-0.2, 0) is 16.0 Å². The second kappa shape index (κ2) is 8.90. The van der Waals surface area contributed by atoms with E-state index in [1.54, 1.807) is 0 Å². The molecule has 2 atom stereocenters.